The quantitative estimate of drug-likeness (QED) is 0.510. The maximum Gasteiger partial charge on any atom is 0 e. The van der Waals surface area contributed by atoms with Gasteiger partial charge in [0.05, 0.1) is 0 Å². The maximum atomic E-state index is 2.19. The fourth-order valence-corrected chi connectivity index (χ4v) is 0. The summed E-state index contributed by atoms with van der Waals surface area (Å²) < 4.78 is 0. The van der Waals surface area contributed by atoms with Gasteiger partial charge in [0.2, 0.25) is 0 Å². The van der Waals surface area contributed by atoms with E-state index >= 15 is 0 Å². The molecule has 0 bridgehead atoms. The monoisotopic (exact) mass is 161 g/mol. The van der Waals surface area contributed by atoms with E-state index in [1.807, 2.05) is 0 Å². The third-order valence-corrected chi connectivity index (χ3v) is 0. The predicted octanol–water partition coefficient (Wildman–Crippen LogP) is 2.05. The Balaban J connectivity index is 0. The van der Waals surface area contributed by atoms with E-state index in [4.69, 9.17) is 0 Å². The molecule has 0 fully saturated rings. The zero-order valence-corrected chi connectivity index (χ0v) is 7.92. The third-order valence-electron chi connectivity index (χ3n) is 0. The van der Waals surface area contributed by atoms with Gasteiger partial charge in [0.1, 0.15) is 0 Å². The average molecular weight is 161 g/mol. The van der Waals surface area contributed by atoms with Crippen LogP contribution in [0.2, 0.25) is 0 Å². The zero-order chi connectivity index (χ0) is 4.50. The Kier molecular flexibility index (Phi) is 5.34. The van der Waals surface area contributed by atoms with Crippen LogP contribution in [0, 0.1) is 5.41 Å². The normalized spacial score (nSPS) is 10.0. The van der Waals surface area contributed by atoms with Gasteiger partial charge in [-0.3, -0.25) is 0 Å². The van der Waals surface area contributed by atoms with Crippen molar-refractivity contribution in [1.29, 1.82) is 0 Å². The van der Waals surface area contributed by atoms with Gasteiger partial charge in [-0.25, -0.2) is 0 Å². The van der Waals surface area contributed by atoms with E-state index in [-0.39, 0.29) is 32.7 Å². The van der Waals surface area contributed by atoms with Crippen molar-refractivity contribution in [3.8, 4) is 0 Å². The summed E-state index contributed by atoms with van der Waals surface area (Å²) in [6.07, 6.45) is 0. The standard InChI is InChI=1S/C5H12.Y/c1-5(2,3)4;/h1-4H3;. The van der Waals surface area contributed by atoms with Crippen LogP contribution in [0.15, 0.2) is 0 Å². The summed E-state index contributed by atoms with van der Waals surface area (Å²) in [4.78, 5) is 0. The Labute approximate surface area is 65.6 Å². The number of rotatable bonds is 0. The van der Waals surface area contributed by atoms with Gasteiger partial charge in [0.15, 0.2) is 0 Å². The Morgan fingerprint density at radius 3 is 0.833 bits per heavy atom. The van der Waals surface area contributed by atoms with Gasteiger partial charge in [-0.1, -0.05) is 27.7 Å². The summed E-state index contributed by atoms with van der Waals surface area (Å²) in [5, 5.41) is 0. The minimum atomic E-state index is 0. The van der Waals surface area contributed by atoms with Crippen LogP contribution in [0.25, 0.3) is 0 Å². The molecule has 0 aromatic carbocycles. The molecule has 0 saturated heterocycles. The third kappa shape index (κ3) is 70.5. The summed E-state index contributed by atoms with van der Waals surface area (Å²) in [7, 11) is 0. The van der Waals surface area contributed by atoms with E-state index in [0.717, 1.165) is 0 Å². The van der Waals surface area contributed by atoms with Crippen molar-refractivity contribution in [3.05, 3.63) is 0 Å². The molecule has 0 aromatic rings. The summed E-state index contributed by atoms with van der Waals surface area (Å²) >= 11 is 0. The van der Waals surface area contributed by atoms with Gasteiger partial charge in [0, 0.05) is 32.7 Å². The molecule has 35 valence electrons. The van der Waals surface area contributed by atoms with Crippen molar-refractivity contribution in [2.45, 2.75) is 27.7 Å². The fourth-order valence-electron chi connectivity index (χ4n) is 0. The Bertz CT molecular complexity index is 19.4. The molecule has 6 heavy (non-hydrogen) atoms. The van der Waals surface area contributed by atoms with E-state index in [0.29, 0.717) is 5.41 Å². The average Bonchev–Trinajstić information content (AvgIpc) is 0.722. The van der Waals surface area contributed by atoms with Crippen molar-refractivity contribution in [2.24, 2.45) is 5.41 Å². The summed E-state index contributed by atoms with van der Waals surface area (Å²) in [5.74, 6) is 0. The van der Waals surface area contributed by atoms with Crippen LogP contribution in [0.1, 0.15) is 27.7 Å². The van der Waals surface area contributed by atoms with Gasteiger partial charge in [-0.15, -0.1) is 0 Å². The molecule has 0 rings (SSSR count). The second-order valence-corrected chi connectivity index (χ2v) is 3.00. The second kappa shape index (κ2) is 3.15. The first kappa shape index (κ1) is 10.2. The molecule has 0 N–H and O–H groups in total. The van der Waals surface area contributed by atoms with Crippen LogP contribution in [-0.2, 0) is 32.7 Å². The molecule has 0 unspecified atom stereocenters. The fraction of sp³-hybridized carbons (Fsp3) is 1.00. The van der Waals surface area contributed by atoms with E-state index in [2.05, 4.69) is 27.7 Å². The van der Waals surface area contributed by atoms with Gasteiger partial charge >= 0.3 is 0 Å². The van der Waals surface area contributed by atoms with Crippen molar-refractivity contribution in [2.75, 3.05) is 0 Å². The molecule has 1 heteroatoms. The zero-order valence-electron chi connectivity index (χ0n) is 5.08. The minimum absolute atomic E-state index is 0. The molecule has 0 heterocycles. The molecule has 0 saturated carbocycles. The van der Waals surface area contributed by atoms with Crippen molar-refractivity contribution in [3.63, 3.8) is 0 Å². The first-order valence-corrected chi connectivity index (χ1v) is 2.00. The molecule has 1 radical (unpaired) electrons. The van der Waals surface area contributed by atoms with Crippen LogP contribution in [0.3, 0.4) is 0 Å². The molecular weight excluding hydrogens is 149 g/mol. The van der Waals surface area contributed by atoms with Gasteiger partial charge in [0.25, 0.3) is 0 Å². The van der Waals surface area contributed by atoms with Crippen LogP contribution in [-0.4, -0.2) is 0 Å². The molecular formula is C5H12Y. The maximum absolute atomic E-state index is 2.19. The Morgan fingerprint density at radius 2 is 0.833 bits per heavy atom. The SMILES string of the molecule is CC(C)(C)C.[Y]. The van der Waals surface area contributed by atoms with E-state index in [1.54, 1.807) is 0 Å². The van der Waals surface area contributed by atoms with E-state index < -0.39 is 0 Å². The summed E-state index contributed by atoms with van der Waals surface area (Å²) in [6.45, 7) is 8.75. The van der Waals surface area contributed by atoms with Crippen LogP contribution in [0.5, 0.6) is 0 Å². The molecule has 0 aliphatic rings. The summed E-state index contributed by atoms with van der Waals surface area (Å²) in [5.41, 5.74) is 0.500. The van der Waals surface area contributed by atoms with Crippen molar-refractivity contribution < 1.29 is 32.7 Å². The smallest absolute Gasteiger partial charge is 0 e. The van der Waals surface area contributed by atoms with E-state index in [9.17, 15) is 0 Å². The minimum Gasteiger partial charge on any atom is -0.0604 e. The van der Waals surface area contributed by atoms with Gasteiger partial charge in [-0.2, -0.15) is 0 Å². The van der Waals surface area contributed by atoms with Crippen LogP contribution < -0.4 is 0 Å². The number of hydrogen-bond acceptors (Lipinski definition) is 0. The predicted molar refractivity (Wildman–Crippen MR) is 25.1 cm³/mol. The van der Waals surface area contributed by atoms with Crippen molar-refractivity contribution in [1.82, 2.24) is 0 Å². The van der Waals surface area contributed by atoms with Gasteiger partial charge in [-0.05, 0) is 5.41 Å². The summed E-state index contributed by atoms with van der Waals surface area (Å²) in [6, 6.07) is 0. The molecule has 0 amide bonds. The second-order valence-electron chi connectivity index (χ2n) is 3.00. The van der Waals surface area contributed by atoms with Crippen LogP contribution >= 0.6 is 0 Å². The molecule has 0 aliphatic heterocycles. The first-order chi connectivity index (χ1) is 2.00. The van der Waals surface area contributed by atoms with Gasteiger partial charge < -0.3 is 0 Å². The van der Waals surface area contributed by atoms with Crippen LogP contribution in [0.4, 0.5) is 0 Å². The molecule has 0 atom stereocenters. The molecule has 0 spiro atoms. The number of hydrogen-bond donors (Lipinski definition) is 0. The van der Waals surface area contributed by atoms with E-state index in [1.165, 1.54) is 0 Å². The van der Waals surface area contributed by atoms with Crippen molar-refractivity contribution >= 4 is 0 Å². The Morgan fingerprint density at radius 1 is 0.833 bits per heavy atom. The topological polar surface area (TPSA) is 0 Å². The molecule has 0 nitrogen and oxygen atoms in total. The molecule has 0 aromatic heterocycles. The largest absolute Gasteiger partial charge is 0.0604 e. The molecule has 0 aliphatic carbocycles. The Hall–Kier alpha value is 1.10. The first-order valence-electron chi connectivity index (χ1n) is 2.00.